The van der Waals surface area contributed by atoms with Crippen molar-refractivity contribution in [3.8, 4) is 5.75 Å². The van der Waals surface area contributed by atoms with Crippen LogP contribution in [0.25, 0.3) is 0 Å². The first-order chi connectivity index (χ1) is 16.9. The van der Waals surface area contributed by atoms with Crippen molar-refractivity contribution in [3.05, 3.63) is 59.1 Å². The molecule has 2 aromatic carbocycles. The van der Waals surface area contributed by atoms with Gasteiger partial charge in [0.1, 0.15) is 11.8 Å². The number of carbonyl (C=O) groups is 2. The molecular weight excluding hydrogens is 502 g/mol. The molecule has 0 aliphatic heterocycles. The molecule has 0 aliphatic carbocycles. The number of nitrogens with one attached hydrogen (secondary N) is 1. The molecule has 8 nitrogen and oxygen atoms in total. The standard InChI is InChI=1S/C26H36ClN3O5S/c1-19(2)17-28-26(32)20(3)29(18-21-8-6-9-24(16-21)35-4)25(31)10-7-15-30(36(5,33)34)23-13-11-22(27)12-14-23/h6,8-9,11-14,16,19-20H,7,10,15,17-18H2,1-5H3,(H,28,32). The molecule has 1 atom stereocenters. The normalized spacial score (nSPS) is 12.2. The molecule has 1 unspecified atom stereocenters. The number of carbonyl (C=O) groups excluding carboxylic acids is 2. The highest BCUT2D eigenvalue weighted by molar-refractivity contribution is 7.92. The van der Waals surface area contributed by atoms with Crippen LogP contribution in [0.15, 0.2) is 48.5 Å². The summed E-state index contributed by atoms with van der Waals surface area (Å²) in [6, 6.07) is 13.1. The highest BCUT2D eigenvalue weighted by Crippen LogP contribution is 2.22. The predicted octanol–water partition coefficient (Wildman–Crippen LogP) is 4.08. The third-order valence-electron chi connectivity index (χ3n) is 5.61. The van der Waals surface area contributed by atoms with E-state index in [9.17, 15) is 18.0 Å². The second-order valence-electron chi connectivity index (χ2n) is 9.10. The van der Waals surface area contributed by atoms with Gasteiger partial charge in [-0.1, -0.05) is 37.6 Å². The van der Waals surface area contributed by atoms with Crippen LogP contribution in [0.1, 0.15) is 39.2 Å². The molecule has 2 aromatic rings. The quantitative estimate of drug-likeness (QED) is 0.415. The van der Waals surface area contributed by atoms with E-state index in [1.807, 2.05) is 38.1 Å². The lowest BCUT2D eigenvalue weighted by Crippen LogP contribution is -2.48. The Bertz CT molecular complexity index is 1120. The zero-order valence-electron chi connectivity index (χ0n) is 21.5. The number of benzene rings is 2. The number of anilines is 1. The second kappa shape index (κ2) is 13.5. The van der Waals surface area contributed by atoms with Gasteiger partial charge in [0.05, 0.1) is 19.1 Å². The fraction of sp³-hybridized carbons (Fsp3) is 0.462. The Morgan fingerprint density at radius 2 is 1.75 bits per heavy atom. The van der Waals surface area contributed by atoms with Gasteiger partial charge >= 0.3 is 0 Å². The van der Waals surface area contributed by atoms with Crippen LogP contribution >= 0.6 is 11.6 Å². The lowest BCUT2D eigenvalue weighted by molar-refractivity contribution is -0.140. The molecule has 0 radical (unpaired) electrons. The van der Waals surface area contributed by atoms with E-state index in [1.54, 1.807) is 38.3 Å². The third kappa shape index (κ3) is 9.02. The van der Waals surface area contributed by atoms with Crippen LogP contribution in [0, 0.1) is 5.92 Å². The maximum absolute atomic E-state index is 13.3. The van der Waals surface area contributed by atoms with Gasteiger partial charge in [-0.05, 0) is 61.2 Å². The van der Waals surface area contributed by atoms with Crippen LogP contribution in [0.5, 0.6) is 5.75 Å². The number of ether oxygens (including phenoxy) is 1. The topological polar surface area (TPSA) is 96.0 Å². The van der Waals surface area contributed by atoms with Gasteiger partial charge in [0, 0.05) is 31.1 Å². The summed E-state index contributed by atoms with van der Waals surface area (Å²) >= 11 is 5.93. The lowest BCUT2D eigenvalue weighted by Gasteiger charge is -2.29. The monoisotopic (exact) mass is 537 g/mol. The molecule has 0 spiro atoms. The fourth-order valence-corrected chi connectivity index (χ4v) is 4.71. The Balaban J connectivity index is 2.17. The summed E-state index contributed by atoms with van der Waals surface area (Å²) in [6.07, 6.45) is 1.48. The van der Waals surface area contributed by atoms with Gasteiger partial charge < -0.3 is 15.0 Å². The van der Waals surface area contributed by atoms with Gasteiger partial charge in [0.2, 0.25) is 21.8 Å². The van der Waals surface area contributed by atoms with E-state index >= 15 is 0 Å². The van der Waals surface area contributed by atoms with Gasteiger partial charge in [0.15, 0.2) is 0 Å². The SMILES string of the molecule is COc1cccc(CN(C(=O)CCCN(c2ccc(Cl)cc2)S(C)(=O)=O)C(C)C(=O)NCC(C)C)c1. The highest BCUT2D eigenvalue weighted by atomic mass is 35.5. The maximum Gasteiger partial charge on any atom is 0.242 e. The minimum absolute atomic E-state index is 0.0748. The molecule has 36 heavy (non-hydrogen) atoms. The molecule has 0 fully saturated rings. The van der Waals surface area contributed by atoms with Crippen molar-refractivity contribution >= 4 is 39.1 Å². The summed E-state index contributed by atoms with van der Waals surface area (Å²) in [5.41, 5.74) is 1.30. The molecule has 2 rings (SSSR count). The van der Waals surface area contributed by atoms with E-state index < -0.39 is 16.1 Å². The van der Waals surface area contributed by atoms with E-state index in [-0.39, 0.29) is 43.7 Å². The summed E-state index contributed by atoms with van der Waals surface area (Å²) in [6.45, 7) is 6.54. The number of halogens is 1. The smallest absolute Gasteiger partial charge is 0.242 e. The van der Waals surface area contributed by atoms with Crippen LogP contribution in [0.3, 0.4) is 0 Å². The summed E-state index contributed by atoms with van der Waals surface area (Å²) in [5.74, 6) is 0.454. The Kier molecular flexibility index (Phi) is 11.0. The van der Waals surface area contributed by atoms with Crippen molar-refractivity contribution in [1.29, 1.82) is 0 Å². The van der Waals surface area contributed by atoms with Gasteiger partial charge in [-0.3, -0.25) is 13.9 Å². The molecule has 0 bridgehead atoms. The minimum atomic E-state index is -3.56. The molecule has 10 heteroatoms. The van der Waals surface area contributed by atoms with Gasteiger partial charge in [-0.25, -0.2) is 8.42 Å². The molecule has 0 aromatic heterocycles. The number of sulfonamides is 1. The Labute approximate surface area is 219 Å². The highest BCUT2D eigenvalue weighted by Gasteiger charge is 2.27. The molecule has 1 N–H and O–H groups in total. The van der Waals surface area contributed by atoms with Crippen LogP contribution in [0.2, 0.25) is 5.02 Å². The second-order valence-corrected chi connectivity index (χ2v) is 11.4. The zero-order chi connectivity index (χ0) is 26.9. The number of rotatable bonds is 13. The van der Waals surface area contributed by atoms with E-state index in [2.05, 4.69) is 5.32 Å². The molecule has 0 saturated carbocycles. The van der Waals surface area contributed by atoms with Crippen molar-refractivity contribution in [2.24, 2.45) is 5.92 Å². The lowest BCUT2D eigenvalue weighted by atomic mass is 10.1. The summed E-state index contributed by atoms with van der Waals surface area (Å²) in [7, 11) is -2.00. The van der Waals surface area contributed by atoms with Crippen molar-refractivity contribution in [1.82, 2.24) is 10.2 Å². The van der Waals surface area contributed by atoms with Crippen LogP contribution in [-0.4, -0.2) is 57.6 Å². The molecule has 198 valence electrons. The van der Waals surface area contributed by atoms with E-state index in [1.165, 1.54) is 9.21 Å². The summed E-state index contributed by atoms with van der Waals surface area (Å²) in [5, 5.41) is 3.39. The summed E-state index contributed by atoms with van der Waals surface area (Å²) in [4.78, 5) is 27.7. The largest absolute Gasteiger partial charge is 0.497 e. The first kappa shape index (κ1) is 29.5. The molecular formula is C26H36ClN3O5S. The average molecular weight is 538 g/mol. The number of hydrogen-bond acceptors (Lipinski definition) is 5. The van der Waals surface area contributed by atoms with Crippen molar-refractivity contribution in [2.75, 3.05) is 30.8 Å². The van der Waals surface area contributed by atoms with Gasteiger partial charge in [-0.2, -0.15) is 0 Å². The van der Waals surface area contributed by atoms with Crippen molar-refractivity contribution in [2.45, 2.75) is 46.2 Å². The van der Waals surface area contributed by atoms with E-state index in [4.69, 9.17) is 16.3 Å². The zero-order valence-corrected chi connectivity index (χ0v) is 23.1. The van der Waals surface area contributed by atoms with Crippen molar-refractivity contribution < 1.29 is 22.7 Å². The first-order valence-corrected chi connectivity index (χ1v) is 14.1. The number of hydrogen-bond donors (Lipinski definition) is 1. The first-order valence-electron chi connectivity index (χ1n) is 11.9. The van der Waals surface area contributed by atoms with Crippen LogP contribution < -0.4 is 14.4 Å². The van der Waals surface area contributed by atoms with Gasteiger partial charge in [0.25, 0.3) is 0 Å². The Hall–Kier alpha value is -2.78. The number of methoxy groups -OCH3 is 1. The average Bonchev–Trinajstić information content (AvgIpc) is 2.83. The Morgan fingerprint density at radius 1 is 1.08 bits per heavy atom. The third-order valence-corrected chi connectivity index (χ3v) is 7.05. The van der Waals surface area contributed by atoms with Crippen LogP contribution in [-0.2, 0) is 26.2 Å². The minimum Gasteiger partial charge on any atom is -0.497 e. The van der Waals surface area contributed by atoms with Crippen LogP contribution in [0.4, 0.5) is 5.69 Å². The number of nitrogens with zero attached hydrogens (tertiary/aromatic N) is 2. The Morgan fingerprint density at radius 3 is 2.33 bits per heavy atom. The molecule has 0 heterocycles. The molecule has 0 saturated heterocycles. The number of amides is 2. The summed E-state index contributed by atoms with van der Waals surface area (Å²) < 4.78 is 31.3. The van der Waals surface area contributed by atoms with E-state index in [0.29, 0.717) is 23.0 Å². The predicted molar refractivity (Wildman–Crippen MR) is 144 cm³/mol. The fourth-order valence-electron chi connectivity index (χ4n) is 3.61. The van der Waals surface area contributed by atoms with E-state index in [0.717, 1.165) is 11.8 Å². The molecule has 0 aliphatic rings. The maximum atomic E-state index is 13.3. The van der Waals surface area contributed by atoms with Crippen molar-refractivity contribution in [3.63, 3.8) is 0 Å². The van der Waals surface area contributed by atoms with Gasteiger partial charge in [-0.15, -0.1) is 0 Å². The molecule has 2 amide bonds.